The Morgan fingerprint density at radius 3 is 2.82 bits per heavy atom. The Bertz CT molecular complexity index is 679. The first-order valence-electron chi connectivity index (χ1n) is 7.27. The van der Waals surface area contributed by atoms with E-state index in [9.17, 15) is 4.79 Å². The van der Waals surface area contributed by atoms with Gasteiger partial charge in [0.2, 0.25) is 0 Å². The van der Waals surface area contributed by atoms with Crippen LogP contribution in [-0.2, 0) is 17.9 Å². The lowest BCUT2D eigenvalue weighted by Gasteiger charge is -2.24. The van der Waals surface area contributed by atoms with Gasteiger partial charge in [0.1, 0.15) is 6.10 Å². The molecule has 0 saturated carbocycles. The molecule has 22 heavy (non-hydrogen) atoms. The Morgan fingerprint density at radius 2 is 2.14 bits per heavy atom. The molecule has 1 aliphatic rings. The number of nitrogens with zero attached hydrogens (tertiary/aromatic N) is 2. The van der Waals surface area contributed by atoms with Crippen LogP contribution >= 0.6 is 11.6 Å². The van der Waals surface area contributed by atoms with Gasteiger partial charge in [-0.05, 0) is 37.6 Å². The van der Waals surface area contributed by atoms with E-state index in [1.165, 1.54) is 0 Å². The van der Waals surface area contributed by atoms with Gasteiger partial charge >= 0.3 is 0 Å². The highest BCUT2D eigenvalue weighted by molar-refractivity contribution is 6.30. The van der Waals surface area contributed by atoms with Crippen LogP contribution in [0.15, 0.2) is 30.3 Å². The van der Waals surface area contributed by atoms with Gasteiger partial charge in [-0.2, -0.15) is 5.10 Å². The maximum atomic E-state index is 12.0. The van der Waals surface area contributed by atoms with Crippen LogP contribution in [0, 0.1) is 0 Å². The monoisotopic (exact) mass is 319 g/mol. The van der Waals surface area contributed by atoms with Crippen LogP contribution in [0.3, 0.4) is 0 Å². The van der Waals surface area contributed by atoms with E-state index in [0.717, 1.165) is 11.3 Å². The minimum absolute atomic E-state index is 0.0781. The third-order valence-electron chi connectivity index (χ3n) is 3.53. The van der Waals surface area contributed by atoms with Gasteiger partial charge in [0.15, 0.2) is 5.69 Å². The van der Waals surface area contributed by atoms with E-state index < -0.39 is 0 Å². The summed E-state index contributed by atoms with van der Waals surface area (Å²) >= 11 is 5.91. The van der Waals surface area contributed by atoms with Gasteiger partial charge in [-0.1, -0.05) is 23.7 Å². The topological polar surface area (TPSA) is 56.2 Å². The fourth-order valence-electron chi connectivity index (χ4n) is 2.45. The Morgan fingerprint density at radius 1 is 1.41 bits per heavy atom. The molecule has 1 aromatic carbocycles. The number of ether oxygens (including phenoxy) is 1. The maximum absolute atomic E-state index is 12.0. The van der Waals surface area contributed by atoms with E-state index in [-0.39, 0.29) is 18.1 Å². The molecular formula is C16H18ClN3O2. The van der Waals surface area contributed by atoms with Crippen LogP contribution in [0.4, 0.5) is 0 Å². The van der Waals surface area contributed by atoms with Crippen LogP contribution in [0.2, 0.25) is 5.02 Å². The molecule has 0 fully saturated rings. The summed E-state index contributed by atoms with van der Waals surface area (Å²) in [5, 5.41) is 7.94. The molecule has 6 heteroatoms. The molecule has 1 aromatic heterocycles. The van der Waals surface area contributed by atoms with E-state index >= 15 is 0 Å². The Balaban J connectivity index is 1.77. The molecule has 1 aliphatic heterocycles. The summed E-state index contributed by atoms with van der Waals surface area (Å²) in [5.41, 5.74) is 2.40. The van der Waals surface area contributed by atoms with E-state index in [4.69, 9.17) is 16.3 Å². The quantitative estimate of drug-likeness (QED) is 0.946. The number of fused-ring (bicyclic) bond motifs is 1. The highest BCUT2D eigenvalue weighted by Crippen LogP contribution is 2.27. The van der Waals surface area contributed by atoms with Crippen LogP contribution in [0.5, 0.6) is 0 Å². The molecule has 5 nitrogen and oxygen atoms in total. The summed E-state index contributed by atoms with van der Waals surface area (Å²) in [6.07, 6.45) is -0.0781. The van der Waals surface area contributed by atoms with Crippen molar-refractivity contribution in [1.82, 2.24) is 15.1 Å². The number of aromatic nitrogens is 2. The number of benzene rings is 1. The first kappa shape index (κ1) is 15.1. The van der Waals surface area contributed by atoms with Crippen molar-refractivity contribution < 1.29 is 9.53 Å². The minimum Gasteiger partial charge on any atom is -0.365 e. The molecule has 0 unspecified atom stereocenters. The second-order valence-corrected chi connectivity index (χ2v) is 6.12. The molecule has 1 atom stereocenters. The fraction of sp³-hybridized carbons (Fsp3) is 0.375. The molecule has 0 spiro atoms. The molecular weight excluding hydrogens is 302 g/mol. The highest BCUT2D eigenvalue weighted by Gasteiger charge is 2.24. The zero-order valence-corrected chi connectivity index (χ0v) is 13.3. The predicted molar refractivity (Wildman–Crippen MR) is 83.8 cm³/mol. The van der Waals surface area contributed by atoms with Crippen LogP contribution < -0.4 is 5.32 Å². The highest BCUT2D eigenvalue weighted by atomic mass is 35.5. The SMILES string of the molecule is CC(C)NC(=O)c1cc2n(n1)C[C@@H](c1ccc(Cl)cc1)OC2. The van der Waals surface area contributed by atoms with Gasteiger partial charge in [-0.3, -0.25) is 9.48 Å². The smallest absolute Gasteiger partial charge is 0.271 e. The third kappa shape index (κ3) is 3.15. The fourth-order valence-corrected chi connectivity index (χ4v) is 2.58. The van der Waals surface area contributed by atoms with Crippen molar-refractivity contribution >= 4 is 17.5 Å². The Hall–Kier alpha value is -1.85. The van der Waals surface area contributed by atoms with Crippen molar-refractivity contribution in [1.29, 1.82) is 0 Å². The van der Waals surface area contributed by atoms with Gasteiger partial charge in [0.05, 0.1) is 18.8 Å². The lowest BCUT2D eigenvalue weighted by Crippen LogP contribution is -2.30. The zero-order chi connectivity index (χ0) is 15.7. The van der Waals surface area contributed by atoms with Gasteiger partial charge in [0, 0.05) is 11.1 Å². The second kappa shape index (κ2) is 6.10. The minimum atomic E-state index is -0.153. The molecule has 116 valence electrons. The lowest BCUT2D eigenvalue weighted by molar-refractivity contribution is -0.00119. The van der Waals surface area contributed by atoms with Gasteiger partial charge in [0.25, 0.3) is 5.91 Å². The molecule has 0 aliphatic carbocycles. The number of amides is 1. The average molecular weight is 320 g/mol. The average Bonchev–Trinajstić information content (AvgIpc) is 2.90. The summed E-state index contributed by atoms with van der Waals surface area (Å²) in [6, 6.07) is 9.47. The van der Waals surface area contributed by atoms with Gasteiger partial charge in [-0.15, -0.1) is 0 Å². The molecule has 3 rings (SSSR count). The van der Waals surface area contributed by atoms with Crippen LogP contribution in [0.25, 0.3) is 0 Å². The molecule has 1 N–H and O–H groups in total. The molecule has 0 bridgehead atoms. The molecule has 0 saturated heterocycles. The number of halogens is 1. The standard InChI is InChI=1S/C16H18ClN3O2/c1-10(2)18-16(21)14-7-13-9-22-15(8-20(13)19-14)11-3-5-12(17)6-4-11/h3-7,10,15H,8-9H2,1-2H3,(H,18,21)/t15-/m0/s1. The second-order valence-electron chi connectivity index (χ2n) is 5.68. The third-order valence-corrected chi connectivity index (χ3v) is 3.78. The van der Waals surface area contributed by atoms with Gasteiger partial charge in [-0.25, -0.2) is 0 Å². The molecule has 2 aromatic rings. The summed E-state index contributed by atoms with van der Waals surface area (Å²) in [4.78, 5) is 12.0. The maximum Gasteiger partial charge on any atom is 0.271 e. The largest absolute Gasteiger partial charge is 0.365 e. The first-order chi connectivity index (χ1) is 10.5. The van der Waals surface area contributed by atoms with Crippen molar-refractivity contribution in [2.45, 2.75) is 39.1 Å². The van der Waals surface area contributed by atoms with E-state index in [1.807, 2.05) is 42.8 Å². The number of hydrogen-bond acceptors (Lipinski definition) is 3. The number of nitrogens with one attached hydrogen (secondary N) is 1. The normalized spacial score (nSPS) is 17.4. The van der Waals surface area contributed by atoms with E-state index in [0.29, 0.717) is 23.9 Å². The summed E-state index contributed by atoms with van der Waals surface area (Å²) in [7, 11) is 0. The lowest BCUT2D eigenvalue weighted by atomic mass is 10.1. The number of carbonyl (C=O) groups excluding carboxylic acids is 1. The summed E-state index contributed by atoms with van der Waals surface area (Å²) < 4.78 is 7.71. The van der Waals surface area contributed by atoms with Crippen molar-refractivity contribution in [3.05, 3.63) is 52.3 Å². The Kier molecular flexibility index (Phi) is 4.18. The molecule has 1 amide bonds. The van der Waals surface area contributed by atoms with Gasteiger partial charge < -0.3 is 10.1 Å². The van der Waals surface area contributed by atoms with Crippen molar-refractivity contribution in [3.63, 3.8) is 0 Å². The van der Waals surface area contributed by atoms with Crippen molar-refractivity contribution in [3.8, 4) is 0 Å². The van der Waals surface area contributed by atoms with Crippen LogP contribution in [0.1, 0.15) is 41.7 Å². The van der Waals surface area contributed by atoms with E-state index in [2.05, 4.69) is 10.4 Å². The molecule has 2 heterocycles. The summed E-state index contributed by atoms with van der Waals surface area (Å²) in [6.45, 7) is 4.88. The van der Waals surface area contributed by atoms with Crippen molar-refractivity contribution in [2.75, 3.05) is 0 Å². The predicted octanol–water partition coefficient (Wildman–Crippen LogP) is 2.95. The summed E-state index contributed by atoms with van der Waals surface area (Å²) in [5.74, 6) is -0.153. The first-order valence-corrected chi connectivity index (χ1v) is 7.65. The molecule has 0 radical (unpaired) electrons. The van der Waals surface area contributed by atoms with E-state index in [1.54, 1.807) is 6.07 Å². The zero-order valence-electron chi connectivity index (χ0n) is 12.5. The Labute approximate surface area is 134 Å². The van der Waals surface area contributed by atoms with Crippen molar-refractivity contribution in [2.24, 2.45) is 0 Å². The number of hydrogen-bond donors (Lipinski definition) is 1. The number of carbonyl (C=O) groups is 1. The van der Waals surface area contributed by atoms with Crippen LogP contribution in [-0.4, -0.2) is 21.7 Å². The number of rotatable bonds is 3.